The third kappa shape index (κ3) is 4.32. The number of nitrogens with zero attached hydrogens (tertiary/aromatic N) is 1. The van der Waals surface area contributed by atoms with Gasteiger partial charge in [-0.15, -0.1) is 11.3 Å². The van der Waals surface area contributed by atoms with Crippen LogP contribution in [0.2, 0.25) is 0 Å². The number of amides is 2. The maximum atomic E-state index is 11.4. The lowest BCUT2D eigenvalue weighted by Gasteiger charge is -2.02. The van der Waals surface area contributed by atoms with Crippen LogP contribution in [-0.4, -0.2) is 29.3 Å². The largest absolute Gasteiger partial charge is 0.395 e. The molecule has 1 aromatic heterocycles. The first-order valence-electron chi connectivity index (χ1n) is 5.85. The molecule has 0 fully saturated rings. The van der Waals surface area contributed by atoms with E-state index in [-0.39, 0.29) is 19.2 Å². The molecule has 1 rings (SSSR count). The van der Waals surface area contributed by atoms with Gasteiger partial charge < -0.3 is 10.4 Å². The zero-order valence-electron chi connectivity index (χ0n) is 10.2. The van der Waals surface area contributed by atoms with Crippen LogP contribution >= 0.6 is 11.3 Å². The van der Waals surface area contributed by atoms with Crippen molar-refractivity contribution in [1.82, 2.24) is 10.3 Å². The van der Waals surface area contributed by atoms with E-state index in [4.69, 9.17) is 5.11 Å². The molecule has 2 amide bonds. The van der Waals surface area contributed by atoms with Gasteiger partial charge in [0.05, 0.1) is 12.3 Å². The molecule has 0 saturated heterocycles. The van der Waals surface area contributed by atoms with Crippen molar-refractivity contribution in [3.8, 4) is 0 Å². The average Bonchev–Trinajstić information content (AvgIpc) is 2.69. The zero-order valence-corrected chi connectivity index (χ0v) is 11.1. The molecule has 0 aliphatic carbocycles. The number of anilines is 1. The molecule has 0 aliphatic heterocycles. The Morgan fingerprint density at radius 3 is 2.82 bits per heavy atom. The molecule has 17 heavy (non-hydrogen) atoms. The molecule has 6 heteroatoms. The molecule has 1 aromatic rings. The fourth-order valence-corrected chi connectivity index (χ4v) is 2.40. The number of aliphatic hydroxyl groups is 1. The number of nitrogens with one attached hydrogen (secondary N) is 2. The Morgan fingerprint density at radius 2 is 2.24 bits per heavy atom. The van der Waals surface area contributed by atoms with Gasteiger partial charge in [-0.05, 0) is 12.8 Å². The summed E-state index contributed by atoms with van der Waals surface area (Å²) in [6.07, 6.45) is 2.93. The van der Waals surface area contributed by atoms with Crippen LogP contribution in [-0.2, 0) is 12.8 Å². The standard InChI is InChI=1S/C11H19N3O2S/c1-3-5-8-9(4-2)17-11(13-8)14-10(16)12-6-7-15/h15H,3-7H2,1-2H3,(H2,12,13,14,16). The Balaban J connectivity index is 2.61. The molecule has 0 aromatic carbocycles. The number of carbonyl (C=O) groups is 1. The van der Waals surface area contributed by atoms with Gasteiger partial charge in [0.1, 0.15) is 0 Å². The van der Waals surface area contributed by atoms with E-state index in [9.17, 15) is 4.79 Å². The summed E-state index contributed by atoms with van der Waals surface area (Å²) in [5.41, 5.74) is 1.08. The molecule has 96 valence electrons. The first kappa shape index (κ1) is 13.9. The Morgan fingerprint density at radius 1 is 1.47 bits per heavy atom. The van der Waals surface area contributed by atoms with Crippen LogP contribution in [0.15, 0.2) is 0 Å². The van der Waals surface area contributed by atoms with Gasteiger partial charge in [0.25, 0.3) is 0 Å². The van der Waals surface area contributed by atoms with Crippen LogP contribution in [0.3, 0.4) is 0 Å². The highest BCUT2D eigenvalue weighted by Crippen LogP contribution is 2.24. The monoisotopic (exact) mass is 257 g/mol. The smallest absolute Gasteiger partial charge is 0.321 e. The highest BCUT2D eigenvalue weighted by atomic mass is 32.1. The normalized spacial score (nSPS) is 10.3. The van der Waals surface area contributed by atoms with E-state index in [1.165, 1.54) is 16.2 Å². The average molecular weight is 257 g/mol. The second kappa shape index (κ2) is 7.24. The molecule has 0 saturated carbocycles. The van der Waals surface area contributed by atoms with Crippen LogP contribution in [0.25, 0.3) is 0 Å². The van der Waals surface area contributed by atoms with Crippen molar-refractivity contribution in [2.45, 2.75) is 33.1 Å². The second-order valence-corrected chi connectivity index (χ2v) is 4.68. The first-order valence-corrected chi connectivity index (χ1v) is 6.67. The van der Waals surface area contributed by atoms with Gasteiger partial charge >= 0.3 is 6.03 Å². The zero-order chi connectivity index (χ0) is 12.7. The predicted molar refractivity (Wildman–Crippen MR) is 69.6 cm³/mol. The van der Waals surface area contributed by atoms with Crippen molar-refractivity contribution in [2.75, 3.05) is 18.5 Å². The summed E-state index contributed by atoms with van der Waals surface area (Å²) in [6.45, 7) is 4.38. The number of hydrogen-bond acceptors (Lipinski definition) is 4. The van der Waals surface area contributed by atoms with Gasteiger partial charge in [-0.3, -0.25) is 5.32 Å². The highest BCUT2D eigenvalue weighted by molar-refractivity contribution is 7.15. The third-order valence-corrected chi connectivity index (χ3v) is 3.36. The highest BCUT2D eigenvalue weighted by Gasteiger charge is 2.10. The maximum Gasteiger partial charge on any atom is 0.321 e. The molecule has 3 N–H and O–H groups in total. The quantitative estimate of drug-likeness (QED) is 0.727. The van der Waals surface area contributed by atoms with Crippen LogP contribution < -0.4 is 10.6 Å². The van der Waals surface area contributed by atoms with E-state index < -0.39 is 0 Å². The van der Waals surface area contributed by atoms with Crippen molar-refractivity contribution in [3.05, 3.63) is 10.6 Å². The van der Waals surface area contributed by atoms with Crippen molar-refractivity contribution in [3.63, 3.8) is 0 Å². The lowest BCUT2D eigenvalue weighted by molar-refractivity contribution is 0.245. The Hall–Kier alpha value is -1.14. The molecule has 0 atom stereocenters. The fraction of sp³-hybridized carbons (Fsp3) is 0.636. The van der Waals surface area contributed by atoms with Crippen LogP contribution in [0.4, 0.5) is 9.93 Å². The maximum absolute atomic E-state index is 11.4. The van der Waals surface area contributed by atoms with Crippen LogP contribution in [0.5, 0.6) is 0 Å². The molecule has 5 nitrogen and oxygen atoms in total. The van der Waals surface area contributed by atoms with Gasteiger partial charge in [-0.2, -0.15) is 0 Å². The van der Waals surface area contributed by atoms with E-state index in [1.54, 1.807) is 0 Å². The molecule has 0 aliphatic rings. The van der Waals surface area contributed by atoms with E-state index in [1.807, 2.05) is 0 Å². The van der Waals surface area contributed by atoms with Crippen molar-refractivity contribution < 1.29 is 9.90 Å². The lowest BCUT2D eigenvalue weighted by atomic mass is 10.2. The minimum Gasteiger partial charge on any atom is -0.395 e. The van der Waals surface area contributed by atoms with E-state index in [0.29, 0.717) is 5.13 Å². The second-order valence-electron chi connectivity index (χ2n) is 3.60. The summed E-state index contributed by atoms with van der Waals surface area (Å²) in [4.78, 5) is 17.0. The van der Waals surface area contributed by atoms with Crippen molar-refractivity contribution >= 4 is 22.5 Å². The molecule has 0 radical (unpaired) electrons. The van der Waals surface area contributed by atoms with Crippen molar-refractivity contribution in [1.29, 1.82) is 0 Å². The molecule has 0 spiro atoms. The van der Waals surface area contributed by atoms with Crippen LogP contribution in [0, 0.1) is 0 Å². The summed E-state index contributed by atoms with van der Waals surface area (Å²) >= 11 is 1.52. The number of carbonyl (C=O) groups excluding carboxylic acids is 1. The van der Waals surface area contributed by atoms with Gasteiger partial charge in [0, 0.05) is 11.4 Å². The summed E-state index contributed by atoms with van der Waals surface area (Å²) < 4.78 is 0. The Bertz CT molecular complexity index is 366. The van der Waals surface area contributed by atoms with Gasteiger partial charge in [-0.25, -0.2) is 9.78 Å². The van der Waals surface area contributed by atoms with Crippen LogP contribution in [0.1, 0.15) is 30.8 Å². The van der Waals surface area contributed by atoms with Gasteiger partial charge in [0.2, 0.25) is 0 Å². The number of hydrogen-bond donors (Lipinski definition) is 3. The third-order valence-electron chi connectivity index (χ3n) is 2.20. The van der Waals surface area contributed by atoms with Crippen molar-refractivity contribution in [2.24, 2.45) is 0 Å². The fourth-order valence-electron chi connectivity index (χ4n) is 1.46. The molecular weight excluding hydrogens is 238 g/mol. The molecule has 1 heterocycles. The summed E-state index contributed by atoms with van der Waals surface area (Å²) in [7, 11) is 0. The number of aliphatic hydroxyl groups excluding tert-OH is 1. The SMILES string of the molecule is CCCc1nc(NC(=O)NCCO)sc1CC. The molecule has 0 unspecified atom stereocenters. The predicted octanol–water partition coefficient (Wildman–Crippen LogP) is 1.77. The number of aromatic nitrogens is 1. The van der Waals surface area contributed by atoms with Gasteiger partial charge in [-0.1, -0.05) is 20.3 Å². The Labute approximate surface area is 105 Å². The topological polar surface area (TPSA) is 74.2 Å². The number of rotatable bonds is 6. The van der Waals surface area contributed by atoms with E-state index in [2.05, 4.69) is 29.5 Å². The summed E-state index contributed by atoms with van der Waals surface area (Å²) in [6, 6.07) is -0.321. The van der Waals surface area contributed by atoms with Gasteiger partial charge in [0.15, 0.2) is 5.13 Å². The van der Waals surface area contributed by atoms with E-state index >= 15 is 0 Å². The summed E-state index contributed by atoms with van der Waals surface area (Å²) in [5.74, 6) is 0. The lowest BCUT2D eigenvalue weighted by Crippen LogP contribution is -2.30. The first-order chi connectivity index (χ1) is 8.21. The number of thiazole rings is 1. The molecular formula is C11H19N3O2S. The number of urea groups is 1. The summed E-state index contributed by atoms with van der Waals surface area (Å²) in [5, 5.41) is 14.4. The minimum absolute atomic E-state index is 0.0629. The minimum atomic E-state index is -0.321. The molecule has 0 bridgehead atoms. The van der Waals surface area contributed by atoms with E-state index in [0.717, 1.165) is 25.0 Å². The number of aryl methyl sites for hydroxylation is 2. The Kier molecular flexibility index (Phi) is 5.93.